The number of benzene rings is 2. The van der Waals surface area contributed by atoms with Crippen molar-refractivity contribution in [2.24, 2.45) is 0 Å². The highest BCUT2D eigenvalue weighted by Crippen LogP contribution is 2.25. The first-order valence-corrected chi connectivity index (χ1v) is 9.90. The van der Waals surface area contributed by atoms with Crippen LogP contribution in [0.1, 0.15) is 23.2 Å². The third-order valence-electron chi connectivity index (χ3n) is 4.60. The van der Waals surface area contributed by atoms with Gasteiger partial charge in [0.1, 0.15) is 6.10 Å². The van der Waals surface area contributed by atoms with Gasteiger partial charge in [0.2, 0.25) is 5.88 Å². The van der Waals surface area contributed by atoms with Crippen molar-refractivity contribution in [3.63, 3.8) is 0 Å². The Bertz CT molecular complexity index is 990. The quantitative estimate of drug-likeness (QED) is 0.584. The Balaban J connectivity index is 1.39. The van der Waals surface area contributed by atoms with Crippen LogP contribution < -0.4 is 4.74 Å². The number of piperidine rings is 1. The second-order valence-electron chi connectivity index (χ2n) is 6.43. The molecule has 138 valence electrons. The summed E-state index contributed by atoms with van der Waals surface area (Å²) in [6.45, 7) is 1.24. The summed E-state index contributed by atoms with van der Waals surface area (Å²) in [6, 6.07) is 13.0. The van der Waals surface area contributed by atoms with Gasteiger partial charge in [-0.05, 0) is 30.3 Å². The van der Waals surface area contributed by atoms with Gasteiger partial charge in [0.05, 0.1) is 27.8 Å². The first-order valence-electron chi connectivity index (χ1n) is 8.73. The minimum Gasteiger partial charge on any atom is -0.473 e. The Hall–Kier alpha value is -2.18. The molecule has 1 aliphatic heterocycles. The molecule has 4 rings (SSSR count). The molecule has 0 spiro atoms. The Morgan fingerprint density at radius 1 is 1.15 bits per heavy atom. The highest BCUT2D eigenvalue weighted by Gasteiger charge is 2.26. The summed E-state index contributed by atoms with van der Waals surface area (Å²) in [5, 5.41) is 0.466. The number of hydrogen-bond donors (Lipinski definition) is 0. The molecular weight excluding hydrogens is 430 g/mol. The van der Waals surface area contributed by atoms with Gasteiger partial charge in [-0.15, -0.1) is 0 Å². The lowest BCUT2D eigenvalue weighted by Gasteiger charge is -2.32. The van der Waals surface area contributed by atoms with Crippen LogP contribution in [0, 0.1) is 0 Å². The van der Waals surface area contributed by atoms with Crippen LogP contribution in [0.25, 0.3) is 11.0 Å². The molecule has 7 heteroatoms. The number of para-hydroxylation sites is 2. The van der Waals surface area contributed by atoms with Crippen molar-refractivity contribution >= 4 is 44.5 Å². The van der Waals surface area contributed by atoms with Crippen molar-refractivity contribution in [1.29, 1.82) is 0 Å². The van der Waals surface area contributed by atoms with Crippen LogP contribution in [0.15, 0.2) is 53.1 Å². The summed E-state index contributed by atoms with van der Waals surface area (Å²) in [7, 11) is 0. The van der Waals surface area contributed by atoms with E-state index in [0.29, 0.717) is 29.6 Å². The molecule has 0 radical (unpaired) electrons. The van der Waals surface area contributed by atoms with E-state index < -0.39 is 0 Å². The van der Waals surface area contributed by atoms with Crippen molar-refractivity contribution in [3.8, 4) is 5.88 Å². The van der Waals surface area contributed by atoms with E-state index in [9.17, 15) is 4.79 Å². The van der Waals surface area contributed by atoms with Crippen LogP contribution >= 0.6 is 27.5 Å². The number of amides is 1. The van der Waals surface area contributed by atoms with Gasteiger partial charge in [-0.1, -0.05) is 39.7 Å². The number of halogens is 2. The minimum absolute atomic E-state index is 0.0162. The van der Waals surface area contributed by atoms with E-state index in [-0.39, 0.29) is 12.0 Å². The molecular formula is C20H17BrClN3O2. The molecule has 3 aromatic rings. The van der Waals surface area contributed by atoms with Crippen LogP contribution in [0.3, 0.4) is 0 Å². The third-order valence-corrected chi connectivity index (χ3v) is 5.42. The van der Waals surface area contributed by atoms with Crippen molar-refractivity contribution < 1.29 is 9.53 Å². The van der Waals surface area contributed by atoms with Gasteiger partial charge in [-0.3, -0.25) is 4.79 Å². The van der Waals surface area contributed by atoms with E-state index in [1.54, 1.807) is 18.3 Å². The first-order chi connectivity index (χ1) is 13.1. The number of hydrogen-bond acceptors (Lipinski definition) is 4. The van der Waals surface area contributed by atoms with Crippen molar-refractivity contribution in [2.45, 2.75) is 18.9 Å². The van der Waals surface area contributed by atoms with E-state index in [2.05, 4.69) is 25.9 Å². The second-order valence-corrected chi connectivity index (χ2v) is 7.75. The first kappa shape index (κ1) is 18.2. The summed E-state index contributed by atoms with van der Waals surface area (Å²) in [5.41, 5.74) is 2.17. The van der Waals surface area contributed by atoms with E-state index >= 15 is 0 Å². The minimum atomic E-state index is -0.0507. The molecule has 1 amide bonds. The monoisotopic (exact) mass is 445 g/mol. The predicted molar refractivity (Wildman–Crippen MR) is 108 cm³/mol. The Morgan fingerprint density at radius 2 is 1.89 bits per heavy atom. The number of aromatic nitrogens is 2. The lowest BCUT2D eigenvalue weighted by Crippen LogP contribution is -2.42. The summed E-state index contributed by atoms with van der Waals surface area (Å²) >= 11 is 9.58. The zero-order chi connectivity index (χ0) is 18.8. The topological polar surface area (TPSA) is 55.3 Å². The fourth-order valence-corrected chi connectivity index (χ4v) is 3.74. The van der Waals surface area contributed by atoms with Gasteiger partial charge in [-0.2, -0.15) is 0 Å². The van der Waals surface area contributed by atoms with Gasteiger partial charge in [0, 0.05) is 30.4 Å². The molecule has 0 saturated carbocycles. The summed E-state index contributed by atoms with van der Waals surface area (Å²) in [6.07, 6.45) is 3.15. The fourth-order valence-electron chi connectivity index (χ4n) is 3.18. The Labute approximate surface area is 170 Å². The largest absolute Gasteiger partial charge is 0.473 e. The van der Waals surface area contributed by atoms with Crippen molar-refractivity contribution in [1.82, 2.24) is 14.9 Å². The smallest absolute Gasteiger partial charge is 0.255 e. The van der Waals surface area contributed by atoms with Crippen LogP contribution in [-0.4, -0.2) is 40.0 Å². The molecule has 0 bridgehead atoms. The molecule has 1 aliphatic rings. The third kappa shape index (κ3) is 4.06. The molecule has 1 fully saturated rings. The maximum atomic E-state index is 12.7. The van der Waals surface area contributed by atoms with Gasteiger partial charge < -0.3 is 9.64 Å². The molecule has 0 N–H and O–H groups in total. The zero-order valence-corrected chi connectivity index (χ0v) is 16.8. The van der Waals surface area contributed by atoms with Crippen LogP contribution in [-0.2, 0) is 0 Å². The fraction of sp³-hybridized carbons (Fsp3) is 0.250. The molecule has 0 aliphatic carbocycles. The molecule has 2 aromatic carbocycles. The summed E-state index contributed by atoms with van der Waals surface area (Å²) in [4.78, 5) is 23.4. The van der Waals surface area contributed by atoms with Crippen LogP contribution in [0.4, 0.5) is 0 Å². The maximum Gasteiger partial charge on any atom is 0.255 e. The van der Waals surface area contributed by atoms with E-state index in [1.807, 2.05) is 35.2 Å². The number of likely N-dealkylation sites (tertiary alicyclic amines) is 1. The predicted octanol–water partition coefficient (Wildman–Crippen LogP) is 4.73. The zero-order valence-electron chi connectivity index (χ0n) is 14.4. The number of carbonyl (C=O) groups excluding carboxylic acids is 1. The lowest BCUT2D eigenvalue weighted by molar-refractivity contribution is 0.0588. The van der Waals surface area contributed by atoms with Crippen molar-refractivity contribution in [3.05, 3.63) is 63.7 Å². The number of ether oxygens (including phenoxy) is 1. The summed E-state index contributed by atoms with van der Waals surface area (Å²) in [5.74, 6) is 0.471. The van der Waals surface area contributed by atoms with Crippen LogP contribution in [0.2, 0.25) is 5.02 Å². The van der Waals surface area contributed by atoms with Crippen LogP contribution in [0.5, 0.6) is 5.88 Å². The molecule has 1 saturated heterocycles. The summed E-state index contributed by atoms with van der Waals surface area (Å²) < 4.78 is 6.83. The molecule has 0 atom stereocenters. The molecule has 27 heavy (non-hydrogen) atoms. The Kier molecular flexibility index (Phi) is 5.27. The molecule has 2 heterocycles. The SMILES string of the molecule is O=C(c1cc(Br)ccc1Cl)N1CCC(Oc2cnc3ccccc3n2)CC1. The van der Waals surface area contributed by atoms with Gasteiger partial charge >= 0.3 is 0 Å². The van der Waals surface area contributed by atoms with Gasteiger partial charge in [0.15, 0.2) is 0 Å². The highest BCUT2D eigenvalue weighted by atomic mass is 79.9. The van der Waals surface area contributed by atoms with E-state index in [1.165, 1.54) is 0 Å². The number of carbonyl (C=O) groups is 1. The number of nitrogens with zero attached hydrogens (tertiary/aromatic N) is 3. The molecule has 1 aromatic heterocycles. The maximum absolute atomic E-state index is 12.7. The Morgan fingerprint density at radius 3 is 2.67 bits per heavy atom. The number of rotatable bonds is 3. The van der Waals surface area contributed by atoms with Gasteiger partial charge in [-0.25, -0.2) is 9.97 Å². The normalized spacial score (nSPS) is 15.1. The standard InChI is InChI=1S/C20H17BrClN3O2/c21-13-5-6-16(22)15(11-13)20(26)25-9-7-14(8-10-25)27-19-12-23-17-3-1-2-4-18(17)24-19/h1-6,11-12,14H,7-10H2. The van der Waals surface area contributed by atoms with Crippen molar-refractivity contribution in [2.75, 3.05) is 13.1 Å². The highest BCUT2D eigenvalue weighted by molar-refractivity contribution is 9.10. The molecule has 0 unspecified atom stereocenters. The van der Waals surface area contributed by atoms with E-state index in [0.717, 1.165) is 28.3 Å². The average Bonchev–Trinajstić information content (AvgIpc) is 2.70. The lowest BCUT2D eigenvalue weighted by atomic mass is 10.1. The molecule has 5 nitrogen and oxygen atoms in total. The second kappa shape index (κ2) is 7.82. The number of fused-ring (bicyclic) bond motifs is 1. The van der Waals surface area contributed by atoms with Gasteiger partial charge in [0.25, 0.3) is 5.91 Å². The van der Waals surface area contributed by atoms with E-state index in [4.69, 9.17) is 16.3 Å². The average molecular weight is 447 g/mol.